The largest absolute Gasteiger partial charge is 0.485 e. The zero-order valence-electron chi connectivity index (χ0n) is 16.0. The molecule has 0 radical (unpaired) electrons. The van der Waals surface area contributed by atoms with E-state index in [1.165, 1.54) is 11.0 Å². The number of tetrazole rings is 1. The number of benzene rings is 1. The zero-order valence-corrected chi connectivity index (χ0v) is 16.0. The van der Waals surface area contributed by atoms with E-state index in [1.807, 2.05) is 38.1 Å². The van der Waals surface area contributed by atoms with Gasteiger partial charge in [0.1, 0.15) is 12.1 Å². The molecule has 8 nitrogen and oxygen atoms in total. The Bertz CT molecular complexity index is 958. The van der Waals surface area contributed by atoms with Crippen LogP contribution in [0.25, 0.3) is 5.69 Å². The van der Waals surface area contributed by atoms with Crippen molar-refractivity contribution in [3.63, 3.8) is 0 Å². The van der Waals surface area contributed by atoms with Crippen LogP contribution in [-0.2, 0) is 11.3 Å². The Labute approximate surface area is 163 Å². The van der Waals surface area contributed by atoms with Gasteiger partial charge in [0.15, 0.2) is 6.61 Å². The smallest absolute Gasteiger partial charge is 0.202 e. The van der Waals surface area contributed by atoms with Crippen molar-refractivity contribution >= 4 is 5.78 Å². The van der Waals surface area contributed by atoms with Crippen molar-refractivity contribution in [1.82, 2.24) is 24.8 Å². The molecule has 0 unspecified atom stereocenters. The summed E-state index contributed by atoms with van der Waals surface area (Å²) in [6.07, 6.45) is 3.92. The third-order valence-corrected chi connectivity index (χ3v) is 5.09. The molecule has 1 saturated heterocycles. The van der Waals surface area contributed by atoms with E-state index in [2.05, 4.69) is 20.1 Å². The standard InChI is InChI=1S/C20H23N5O3/c1-14-9-19(15(2)24(14)11-18-7-4-8-27-18)20(26)12-28-17-6-3-5-16(10-17)25-13-21-22-23-25/h3,5-6,9-10,13,18H,4,7-8,11-12H2,1-2H3/t18-/m1/s1. The number of ketones is 1. The molecular weight excluding hydrogens is 358 g/mol. The normalized spacial score (nSPS) is 16.4. The molecule has 3 heterocycles. The van der Waals surface area contributed by atoms with E-state index in [-0.39, 0.29) is 18.5 Å². The summed E-state index contributed by atoms with van der Waals surface area (Å²) in [5.41, 5.74) is 3.50. The highest BCUT2D eigenvalue weighted by Crippen LogP contribution is 2.21. The lowest BCUT2D eigenvalue weighted by atomic mass is 10.1. The Morgan fingerprint density at radius 1 is 1.32 bits per heavy atom. The molecule has 8 heteroatoms. The molecule has 2 aromatic heterocycles. The van der Waals surface area contributed by atoms with Gasteiger partial charge in [-0.1, -0.05) is 6.07 Å². The molecule has 1 aromatic carbocycles. The third kappa shape index (κ3) is 3.82. The highest BCUT2D eigenvalue weighted by molar-refractivity contribution is 5.98. The van der Waals surface area contributed by atoms with Gasteiger partial charge in [0, 0.05) is 36.2 Å². The maximum atomic E-state index is 12.7. The van der Waals surface area contributed by atoms with Crippen molar-refractivity contribution < 1.29 is 14.3 Å². The van der Waals surface area contributed by atoms with E-state index < -0.39 is 0 Å². The summed E-state index contributed by atoms with van der Waals surface area (Å²) in [6.45, 7) is 5.60. The average molecular weight is 381 g/mol. The maximum absolute atomic E-state index is 12.7. The minimum atomic E-state index is -0.0421. The van der Waals surface area contributed by atoms with Gasteiger partial charge >= 0.3 is 0 Å². The summed E-state index contributed by atoms with van der Waals surface area (Å²) < 4.78 is 15.2. The van der Waals surface area contributed by atoms with Crippen LogP contribution in [0.15, 0.2) is 36.7 Å². The van der Waals surface area contributed by atoms with Crippen LogP contribution in [-0.4, -0.2) is 49.9 Å². The van der Waals surface area contributed by atoms with Crippen molar-refractivity contribution in [2.45, 2.75) is 39.3 Å². The van der Waals surface area contributed by atoms with Crippen LogP contribution >= 0.6 is 0 Å². The number of hydrogen-bond acceptors (Lipinski definition) is 6. The Balaban J connectivity index is 1.43. The van der Waals surface area contributed by atoms with Gasteiger partial charge in [0.05, 0.1) is 11.8 Å². The Hall–Kier alpha value is -3.00. The fourth-order valence-electron chi connectivity index (χ4n) is 3.58. The molecule has 1 fully saturated rings. The van der Waals surface area contributed by atoms with Gasteiger partial charge in [-0.3, -0.25) is 4.79 Å². The summed E-state index contributed by atoms with van der Waals surface area (Å²) in [4.78, 5) is 12.7. The highest BCUT2D eigenvalue weighted by Gasteiger charge is 2.21. The van der Waals surface area contributed by atoms with Crippen LogP contribution in [0.4, 0.5) is 0 Å². The first-order valence-electron chi connectivity index (χ1n) is 9.39. The van der Waals surface area contributed by atoms with Crippen LogP contribution in [0.5, 0.6) is 5.75 Å². The van der Waals surface area contributed by atoms with E-state index in [0.717, 1.165) is 43.1 Å². The quantitative estimate of drug-likeness (QED) is 0.585. The lowest BCUT2D eigenvalue weighted by Crippen LogP contribution is -2.18. The average Bonchev–Trinajstić information content (AvgIpc) is 3.45. The van der Waals surface area contributed by atoms with Crippen LogP contribution < -0.4 is 4.74 Å². The van der Waals surface area contributed by atoms with Crippen molar-refractivity contribution in [2.24, 2.45) is 0 Å². The fraction of sp³-hybridized carbons (Fsp3) is 0.400. The van der Waals surface area contributed by atoms with Crippen molar-refractivity contribution in [3.05, 3.63) is 53.6 Å². The van der Waals surface area contributed by atoms with Gasteiger partial charge in [0.25, 0.3) is 0 Å². The fourth-order valence-corrected chi connectivity index (χ4v) is 3.58. The third-order valence-electron chi connectivity index (χ3n) is 5.09. The van der Waals surface area contributed by atoms with Crippen LogP contribution in [0.3, 0.4) is 0 Å². The van der Waals surface area contributed by atoms with Gasteiger partial charge in [-0.25, -0.2) is 4.68 Å². The SMILES string of the molecule is Cc1cc(C(=O)COc2cccc(-n3cnnn3)c2)c(C)n1C[C@H]1CCCO1. The minimum absolute atomic E-state index is 0.0245. The number of carbonyl (C=O) groups is 1. The van der Waals surface area contributed by atoms with Gasteiger partial charge in [-0.05, 0) is 55.3 Å². The van der Waals surface area contributed by atoms with Gasteiger partial charge in [-0.2, -0.15) is 0 Å². The molecule has 28 heavy (non-hydrogen) atoms. The van der Waals surface area contributed by atoms with E-state index in [4.69, 9.17) is 9.47 Å². The summed E-state index contributed by atoms with van der Waals surface area (Å²) in [5.74, 6) is 0.550. The maximum Gasteiger partial charge on any atom is 0.202 e. The Morgan fingerprint density at radius 2 is 2.21 bits per heavy atom. The van der Waals surface area contributed by atoms with E-state index in [0.29, 0.717) is 11.3 Å². The van der Waals surface area contributed by atoms with Gasteiger partial charge < -0.3 is 14.0 Å². The molecule has 1 atom stereocenters. The molecular formula is C20H23N5O3. The number of aryl methyl sites for hydroxylation is 1. The first-order chi connectivity index (χ1) is 13.6. The van der Waals surface area contributed by atoms with E-state index >= 15 is 0 Å². The molecule has 0 spiro atoms. The summed E-state index contributed by atoms with van der Waals surface area (Å²) in [7, 11) is 0. The van der Waals surface area contributed by atoms with Crippen LogP contribution in [0, 0.1) is 13.8 Å². The lowest BCUT2D eigenvalue weighted by Gasteiger charge is -2.14. The van der Waals surface area contributed by atoms with Crippen molar-refractivity contribution in [1.29, 1.82) is 0 Å². The van der Waals surface area contributed by atoms with Crippen molar-refractivity contribution in [2.75, 3.05) is 13.2 Å². The highest BCUT2D eigenvalue weighted by atomic mass is 16.5. The number of nitrogens with zero attached hydrogens (tertiary/aromatic N) is 5. The molecule has 0 saturated carbocycles. The molecule has 1 aliphatic rings. The number of carbonyl (C=O) groups excluding carboxylic acids is 1. The number of Topliss-reactive ketones (excluding diaryl/α,β-unsaturated/α-hetero) is 1. The van der Waals surface area contributed by atoms with Crippen LogP contribution in [0.1, 0.15) is 34.6 Å². The first kappa shape index (κ1) is 18.4. The minimum Gasteiger partial charge on any atom is -0.485 e. The number of aromatic nitrogens is 5. The molecule has 1 aliphatic heterocycles. The summed E-state index contributed by atoms with van der Waals surface area (Å²) in [6, 6.07) is 9.24. The number of rotatable bonds is 7. The predicted molar refractivity (Wildman–Crippen MR) is 102 cm³/mol. The molecule has 4 rings (SSSR count). The van der Waals surface area contributed by atoms with Gasteiger partial charge in [0.2, 0.25) is 5.78 Å². The summed E-state index contributed by atoms with van der Waals surface area (Å²) in [5, 5.41) is 11.1. The topological polar surface area (TPSA) is 84.1 Å². The number of ether oxygens (including phenoxy) is 2. The zero-order chi connectivity index (χ0) is 19.5. The second kappa shape index (κ2) is 7.93. The van der Waals surface area contributed by atoms with Crippen LogP contribution in [0.2, 0.25) is 0 Å². The second-order valence-corrected chi connectivity index (χ2v) is 6.99. The van der Waals surface area contributed by atoms with E-state index in [1.54, 1.807) is 6.07 Å². The molecule has 0 aliphatic carbocycles. The molecule has 0 amide bonds. The Morgan fingerprint density at radius 3 is 2.96 bits per heavy atom. The molecule has 146 valence electrons. The van der Waals surface area contributed by atoms with Crippen molar-refractivity contribution in [3.8, 4) is 11.4 Å². The molecule has 0 N–H and O–H groups in total. The summed E-state index contributed by atoms with van der Waals surface area (Å²) >= 11 is 0. The molecule has 3 aromatic rings. The number of hydrogen-bond donors (Lipinski definition) is 0. The Kier molecular flexibility index (Phi) is 5.21. The monoisotopic (exact) mass is 381 g/mol. The molecule has 0 bridgehead atoms. The lowest BCUT2D eigenvalue weighted by molar-refractivity contribution is 0.0914. The van der Waals surface area contributed by atoms with Gasteiger partial charge in [-0.15, -0.1) is 5.10 Å². The predicted octanol–water partition coefficient (Wildman–Crippen LogP) is 2.52. The van der Waals surface area contributed by atoms with E-state index in [9.17, 15) is 4.79 Å². The first-order valence-corrected chi connectivity index (χ1v) is 9.39. The second-order valence-electron chi connectivity index (χ2n) is 6.99.